The van der Waals surface area contributed by atoms with Gasteiger partial charge in [0.2, 0.25) is 11.8 Å². The number of benzene rings is 1. The molecule has 1 saturated heterocycles. The van der Waals surface area contributed by atoms with Crippen LogP contribution < -0.4 is 5.32 Å². The quantitative estimate of drug-likeness (QED) is 0.773. The van der Waals surface area contributed by atoms with E-state index < -0.39 is 0 Å². The van der Waals surface area contributed by atoms with Gasteiger partial charge in [-0.1, -0.05) is 36.9 Å². The fourth-order valence-corrected chi connectivity index (χ4v) is 3.74. The lowest BCUT2D eigenvalue weighted by Crippen LogP contribution is -2.40. The molecule has 1 aromatic rings. The van der Waals surface area contributed by atoms with E-state index in [0.717, 1.165) is 16.7 Å². The maximum absolute atomic E-state index is 12.2. The van der Waals surface area contributed by atoms with E-state index in [9.17, 15) is 14.4 Å². The van der Waals surface area contributed by atoms with Gasteiger partial charge in [0, 0.05) is 18.0 Å². The summed E-state index contributed by atoms with van der Waals surface area (Å²) in [5.41, 5.74) is 0. The van der Waals surface area contributed by atoms with Gasteiger partial charge in [0.15, 0.2) is 0 Å². The van der Waals surface area contributed by atoms with E-state index in [2.05, 4.69) is 5.32 Å². The molecule has 1 aromatic carbocycles. The molecule has 7 heteroatoms. The molecule has 3 amide bonds. The van der Waals surface area contributed by atoms with Gasteiger partial charge in [-0.25, -0.2) is 0 Å². The van der Waals surface area contributed by atoms with Crippen molar-refractivity contribution in [3.05, 3.63) is 30.3 Å². The van der Waals surface area contributed by atoms with Crippen molar-refractivity contribution in [1.82, 2.24) is 10.2 Å². The number of nitrogens with one attached hydrogen (secondary N) is 1. The number of imide groups is 1. The molecular formula is C15H18N2O3S2. The first-order valence-corrected chi connectivity index (χ1v) is 8.95. The van der Waals surface area contributed by atoms with Crippen LogP contribution >= 0.6 is 23.5 Å². The molecule has 0 saturated carbocycles. The third kappa shape index (κ3) is 4.51. The van der Waals surface area contributed by atoms with Crippen LogP contribution in [0.3, 0.4) is 0 Å². The third-order valence-electron chi connectivity index (χ3n) is 3.16. The molecule has 2 rings (SSSR count). The number of hydrogen-bond donors (Lipinski definition) is 1. The Kier molecular flexibility index (Phi) is 6.33. The third-order valence-corrected chi connectivity index (χ3v) is 5.39. The van der Waals surface area contributed by atoms with Crippen molar-refractivity contribution < 1.29 is 14.4 Å². The van der Waals surface area contributed by atoms with Crippen LogP contribution in [0.4, 0.5) is 4.79 Å². The molecule has 1 fully saturated rings. The summed E-state index contributed by atoms with van der Waals surface area (Å²) in [6.07, 6.45) is 0.711. The molecule has 22 heavy (non-hydrogen) atoms. The summed E-state index contributed by atoms with van der Waals surface area (Å²) in [7, 11) is 0. The second-order valence-corrected chi connectivity index (χ2v) is 6.92. The monoisotopic (exact) mass is 338 g/mol. The zero-order valence-electron chi connectivity index (χ0n) is 12.3. The average molecular weight is 338 g/mol. The summed E-state index contributed by atoms with van der Waals surface area (Å²) in [6.45, 7) is 2.50. The van der Waals surface area contributed by atoms with Gasteiger partial charge in [-0.3, -0.25) is 19.3 Å². The Hall–Kier alpha value is -1.47. The Morgan fingerprint density at radius 2 is 2.09 bits per heavy atom. The molecule has 118 valence electrons. The predicted molar refractivity (Wildman–Crippen MR) is 89.0 cm³/mol. The summed E-state index contributed by atoms with van der Waals surface area (Å²) in [4.78, 5) is 37.3. The Morgan fingerprint density at radius 1 is 1.36 bits per heavy atom. The van der Waals surface area contributed by atoms with Crippen molar-refractivity contribution in [2.75, 3.05) is 18.8 Å². The van der Waals surface area contributed by atoms with Crippen LogP contribution in [-0.2, 0) is 9.59 Å². The van der Waals surface area contributed by atoms with E-state index in [4.69, 9.17) is 0 Å². The van der Waals surface area contributed by atoms with Crippen molar-refractivity contribution in [1.29, 1.82) is 0 Å². The molecule has 1 N–H and O–H groups in total. The van der Waals surface area contributed by atoms with Gasteiger partial charge in [0.05, 0.1) is 11.0 Å². The van der Waals surface area contributed by atoms with E-state index in [1.807, 2.05) is 37.3 Å². The first kappa shape index (κ1) is 16.9. The summed E-state index contributed by atoms with van der Waals surface area (Å²) in [6, 6.07) is 9.76. The SMILES string of the molecule is CCC(Sc1ccccc1)C(=O)NCCN1C(=O)CSC1=O. The number of amides is 3. The van der Waals surface area contributed by atoms with Gasteiger partial charge in [-0.2, -0.15) is 0 Å². The number of hydrogen-bond acceptors (Lipinski definition) is 5. The first-order chi connectivity index (χ1) is 10.6. The molecule has 0 spiro atoms. The standard InChI is InChI=1S/C15H18N2O3S2/c1-2-12(22-11-6-4-3-5-7-11)14(19)16-8-9-17-13(18)10-21-15(17)20/h3-7,12H,2,8-10H2,1H3,(H,16,19). The molecule has 1 heterocycles. The number of thioether (sulfide) groups is 2. The fourth-order valence-electron chi connectivity index (χ4n) is 1.99. The Balaban J connectivity index is 1.80. The lowest BCUT2D eigenvalue weighted by atomic mass is 10.3. The van der Waals surface area contributed by atoms with E-state index in [-0.39, 0.29) is 34.6 Å². The van der Waals surface area contributed by atoms with Crippen LogP contribution in [0.25, 0.3) is 0 Å². The number of carbonyl (C=O) groups is 3. The summed E-state index contributed by atoms with van der Waals surface area (Å²) in [5.74, 6) is -0.0492. The van der Waals surface area contributed by atoms with Crippen LogP contribution in [0, 0.1) is 0 Å². The minimum atomic E-state index is -0.232. The second kappa shape index (κ2) is 8.24. The van der Waals surface area contributed by atoms with Gasteiger partial charge in [0.25, 0.3) is 5.24 Å². The second-order valence-electron chi connectivity index (χ2n) is 4.72. The lowest BCUT2D eigenvalue weighted by Gasteiger charge is -2.17. The van der Waals surface area contributed by atoms with Crippen LogP contribution in [-0.4, -0.2) is 46.0 Å². The lowest BCUT2D eigenvalue weighted by molar-refractivity contribution is -0.125. The van der Waals surface area contributed by atoms with Crippen LogP contribution in [0.2, 0.25) is 0 Å². The summed E-state index contributed by atoms with van der Waals surface area (Å²) in [5, 5.41) is 2.40. The van der Waals surface area contributed by atoms with Gasteiger partial charge in [0.1, 0.15) is 0 Å². The van der Waals surface area contributed by atoms with Crippen molar-refractivity contribution >= 4 is 40.6 Å². The Morgan fingerprint density at radius 3 is 2.68 bits per heavy atom. The molecule has 1 aliphatic rings. The summed E-state index contributed by atoms with van der Waals surface area (Å²) < 4.78 is 0. The van der Waals surface area contributed by atoms with Crippen molar-refractivity contribution in [3.8, 4) is 0 Å². The minimum Gasteiger partial charge on any atom is -0.353 e. The molecular weight excluding hydrogens is 320 g/mol. The molecule has 1 unspecified atom stereocenters. The van der Waals surface area contributed by atoms with Crippen LogP contribution in [0.1, 0.15) is 13.3 Å². The fraction of sp³-hybridized carbons (Fsp3) is 0.400. The number of rotatable bonds is 7. The molecule has 0 aliphatic carbocycles. The van der Waals surface area contributed by atoms with Gasteiger partial charge in [-0.15, -0.1) is 11.8 Å². The van der Waals surface area contributed by atoms with E-state index in [0.29, 0.717) is 13.0 Å². The van der Waals surface area contributed by atoms with Crippen molar-refractivity contribution in [3.63, 3.8) is 0 Å². The molecule has 5 nitrogen and oxygen atoms in total. The minimum absolute atomic E-state index is 0.0666. The number of carbonyl (C=O) groups excluding carboxylic acids is 3. The Labute approximate surface area is 138 Å². The zero-order chi connectivity index (χ0) is 15.9. The molecule has 1 atom stereocenters. The Bertz CT molecular complexity index is 535. The smallest absolute Gasteiger partial charge is 0.288 e. The molecule has 0 radical (unpaired) electrons. The highest BCUT2D eigenvalue weighted by Gasteiger charge is 2.29. The topological polar surface area (TPSA) is 66.5 Å². The van der Waals surface area contributed by atoms with Gasteiger partial charge in [-0.05, 0) is 18.6 Å². The highest BCUT2D eigenvalue weighted by atomic mass is 32.2. The largest absolute Gasteiger partial charge is 0.353 e. The maximum Gasteiger partial charge on any atom is 0.288 e. The predicted octanol–water partition coefficient (Wildman–Crippen LogP) is 2.37. The van der Waals surface area contributed by atoms with E-state index in [1.54, 1.807) is 0 Å². The first-order valence-electron chi connectivity index (χ1n) is 7.08. The number of nitrogens with zero attached hydrogens (tertiary/aromatic N) is 1. The van der Waals surface area contributed by atoms with E-state index >= 15 is 0 Å². The van der Waals surface area contributed by atoms with Crippen molar-refractivity contribution in [2.45, 2.75) is 23.5 Å². The van der Waals surface area contributed by atoms with Crippen LogP contribution in [0.5, 0.6) is 0 Å². The van der Waals surface area contributed by atoms with Gasteiger partial charge < -0.3 is 5.32 Å². The molecule has 0 aromatic heterocycles. The van der Waals surface area contributed by atoms with Gasteiger partial charge >= 0.3 is 0 Å². The summed E-state index contributed by atoms with van der Waals surface area (Å²) >= 11 is 2.52. The van der Waals surface area contributed by atoms with E-state index in [1.165, 1.54) is 16.7 Å². The normalized spacial score (nSPS) is 16.0. The highest BCUT2D eigenvalue weighted by Crippen LogP contribution is 2.25. The zero-order valence-corrected chi connectivity index (χ0v) is 13.9. The van der Waals surface area contributed by atoms with Crippen molar-refractivity contribution in [2.24, 2.45) is 0 Å². The maximum atomic E-state index is 12.2. The molecule has 1 aliphatic heterocycles. The average Bonchev–Trinajstić information content (AvgIpc) is 2.85. The van der Waals surface area contributed by atoms with Crippen LogP contribution in [0.15, 0.2) is 35.2 Å². The molecule has 0 bridgehead atoms. The highest BCUT2D eigenvalue weighted by molar-refractivity contribution is 8.14.